The number of esters is 1. The number of allylic oxidation sites excluding steroid dienone is 1. The molecular formula is C18H22O3. The smallest absolute Gasteiger partial charge is 0.338 e. The van der Waals surface area contributed by atoms with Gasteiger partial charge in [0.05, 0.1) is 5.57 Å². The van der Waals surface area contributed by atoms with E-state index < -0.39 is 0 Å². The Labute approximate surface area is 126 Å². The van der Waals surface area contributed by atoms with E-state index >= 15 is 0 Å². The van der Waals surface area contributed by atoms with Crippen LogP contribution in [-0.2, 0) is 20.9 Å². The van der Waals surface area contributed by atoms with Crippen LogP contribution in [0.4, 0.5) is 0 Å². The Kier molecular flexibility index (Phi) is 5.61. The first-order valence-corrected chi connectivity index (χ1v) is 7.48. The average molecular weight is 286 g/mol. The van der Waals surface area contributed by atoms with Gasteiger partial charge < -0.3 is 9.47 Å². The van der Waals surface area contributed by atoms with Gasteiger partial charge in [0, 0.05) is 6.42 Å². The summed E-state index contributed by atoms with van der Waals surface area (Å²) >= 11 is 0. The van der Waals surface area contributed by atoms with Crippen LogP contribution < -0.4 is 0 Å². The van der Waals surface area contributed by atoms with E-state index in [0.717, 1.165) is 24.8 Å². The first-order chi connectivity index (χ1) is 10.3. The molecule has 0 N–H and O–H groups in total. The van der Waals surface area contributed by atoms with Crippen LogP contribution in [0.15, 0.2) is 54.3 Å². The van der Waals surface area contributed by atoms with Crippen molar-refractivity contribution in [3.8, 4) is 0 Å². The lowest BCUT2D eigenvalue weighted by atomic mass is 10.1. The molecule has 0 amide bonds. The fourth-order valence-electron chi connectivity index (χ4n) is 2.37. The summed E-state index contributed by atoms with van der Waals surface area (Å²) in [6, 6.07) is 9.93. The maximum absolute atomic E-state index is 12.0. The van der Waals surface area contributed by atoms with E-state index in [0.29, 0.717) is 24.4 Å². The number of unbranched alkanes of at least 4 members (excludes halogenated alkanes) is 1. The minimum absolute atomic E-state index is 0.240. The zero-order chi connectivity index (χ0) is 15.1. The SMILES string of the molecule is C=CCC1=C(OCc2ccccc2)C(CCCC)OC1=O. The zero-order valence-corrected chi connectivity index (χ0v) is 12.5. The van der Waals surface area contributed by atoms with Gasteiger partial charge in [-0.2, -0.15) is 0 Å². The molecule has 1 aromatic rings. The third kappa shape index (κ3) is 3.97. The van der Waals surface area contributed by atoms with Crippen LogP contribution in [0.2, 0.25) is 0 Å². The van der Waals surface area contributed by atoms with E-state index in [1.54, 1.807) is 6.08 Å². The van der Waals surface area contributed by atoms with E-state index in [1.807, 2.05) is 30.3 Å². The third-order valence-electron chi connectivity index (χ3n) is 3.49. The van der Waals surface area contributed by atoms with E-state index in [4.69, 9.17) is 9.47 Å². The molecule has 112 valence electrons. The summed E-state index contributed by atoms with van der Waals surface area (Å²) in [5, 5.41) is 0. The number of cyclic esters (lactones) is 1. The first kappa shape index (κ1) is 15.4. The molecule has 0 aliphatic carbocycles. The molecule has 1 atom stereocenters. The van der Waals surface area contributed by atoms with Gasteiger partial charge in [-0.1, -0.05) is 49.8 Å². The van der Waals surface area contributed by atoms with Gasteiger partial charge in [-0.3, -0.25) is 0 Å². The summed E-state index contributed by atoms with van der Waals surface area (Å²) in [7, 11) is 0. The summed E-state index contributed by atoms with van der Waals surface area (Å²) in [5.74, 6) is 0.427. The molecule has 2 rings (SSSR count). The molecule has 3 nitrogen and oxygen atoms in total. The van der Waals surface area contributed by atoms with Crippen LogP contribution in [0.5, 0.6) is 0 Å². The highest BCUT2D eigenvalue weighted by Crippen LogP contribution is 2.30. The van der Waals surface area contributed by atoms with Crippen LogP contribution in [0, 0.1) is 0 Å². The van der Waals surface area contributed by atoms with Crippen molar-refractivity contribution in [1.82, 2.24) is 0 Å². The second-order valence-corrected chi connectivity index (χ2v) is 5.15. The van der Waals surface area contributed by atoms with Crippen molar-refractivity contribution >= 4 is 5.97 Å². The molecule has 0 radical (unpaired) electrons. The van der Waals surface area contributed by atoms with Crippen molar-refractivity contribution in [2.24, 2.45) is 0 Å². The van der Waals surface area contributed by atoms with E-state index in [-0.39, 0.29) is 12.1 Å². The molecule has 0 fully saturated rings. The van der Waals surface area contributed by atoms with Crippen LogP contribution in [0.1, 0.15) is 38.2 Å². The zero-order valence-electron chi connectivity index (χ0n) is 12.5. The summed E-state index contributed by atoms with van der Waals surface area (Å²) in [6.45, 7) is 6.28. The Morgan fingerprint density at radius 2 is 2.10 bits per heavy atom. The Balaban J connectivity index is 2.11. The molecule has 0 saturated heterocycles. The molecule has 0 spiro atoms. The van der Waals surface area contributed by atoms with Crippen molar-refractivity contribution in [3.05, 3.63) is 59.9 Å². The molecule has 3 heteroatoms. The van der Waals surface area contributed by atoms with Crippen LogP contribution in [0.25, 0.3) is 0 Å². The maximum Gasteiger partial charge on any atom is 0.338 e. The van der Waals surface area contributed by atoms with Crippen molar-refractivity contribution < 1.29 is 14.3 Å². The van der Waals surface area contributed by atoms with Gasteiger partial charge in [0.25, 0.3) is 0 Å². The Hall–Kier alpha value is -2.03. The highest BCUT2D eigenvalue weighted by molar-refractivity contribution is 5.92. The molecule has 1 heterocycles. The van der Waals surface area contributed by atoms with Crippen molar-refractivity contribution in [2.45, 2.75) is 45.3 Å². The average Bonchev–Trinajstić information content (AvgIpc) is 2.80. The first-order valence-electron chi connectivity index (χ1n) is 7.48. The lowest BCUT2D eigenvalue weighted by molar-refractivity contribution is -0.140. The predicted molar refractivity (Wildman–Crippen MR) is 82.5 cm³/mol. The highest BCUT2D eigenvalue weighted by Gasteiger charge is 2.34. The minimum atomic E-state index is -0.265. The highest BCUT2D eigenvalue weighted by atomic mass is 16.6. The monoisotopic (exact) mass is 286 g/mol. The molecule has 21 heavy (non-hydrogen) atoms. The quantitative estimate of drug-likeness (QED) is 0.532. The summed E-state index contributed by atoms with van der Waals surface area (Å²) in [5.41, 5.74) is 1.69. The van der Waals surface area contributed by atoms with Crippen molar-refractivity contribution in [3.63, 3.8) is 0 Å². The topological polar surface area (TPSA) is 35.5 Å². The second-order valence-electron chi connectivity index (χ2n) is 5.15. The fourth-order valence-corrected chi connectivity index (χ4v) is 2.37. The van der Waals surface area contributed by atoms with Gasteiger partial charge in [-0.05, 0) is 18.4 Å². The van der Waals surface area contributed by atoms with Gasteiger partial charge in [-0.15, -0.1) is 6.58 Å². The molecule has 0 saturated carbocycles. The lowest BCUT2D eigenvalue weighted by Crippen LogP contribution is -2.13. The van der Waals surface area contributed by atoms with E-state index in [1.165, 1.54) is 0 Å². The van der Waals surface area contributed by atoms with Gasteiger partial charge in [0.1, 0.15) is 12.4 Å². The Bertz CT molecular complexity index is 517. The normalized spacial score (nSPS) is 17.8. The van der Waals surface area contributed by atoms with Gasteiger partial charge in [0.15, 0.2) is 6.10 Å². The molecule has 1 aromatic carbocycles. The standard InChI is InChI=1S/C18H22O3/c1-3-5-12-16-17(15(9-4-2)18(19)21-16)20-13-14-10-7-6-8-11-14/h4,6-8,10-11,16H,2-3,5,9,12-13H2,1H3. The molecule has 1 aliphatic rings. The lowest BCUT2D eigenvalue weighted by Gasteiger charge is -2.15. The number of benzene rings is 1. The molecule has 0 aromatic heterocycles. The number of ether oxygens (including phenoxy) is 2. The Morgan fingerprint density at radius 3 is 2.76 bits per heavy atom. The maximum atomic E-state index is 12.0. The molecular weight excluding hydrogens is 264 g/mol. The summed E-state index contributed by atoms with van der Waals surface area (Å²) in [4.78, 5) is 12.0. The fraction of sp³-hybridized carbons (Fsp3) is 0.389. The van der Waals surface area contributed by atoms with Crippen molar-refractivity contribution in [2.75, 3.05) is 0 Å². The van der Waals surface area contributed by atoms with E-state index in [9.17, 15) is 4.79 Å². The number of rotatable bonds is 8. The molecule has 1 unspecified atom stereocenters. The van der Waals surface area contributed by atoms with Gasteiger partial charge in [0.2, 0.25) is 0 Å². The number of carbonyl (C=O) groups is 1. The second kappa shape index (κ2) is 7.67. The third-order valence-corrected chi connectivity index (χ3v) is 3.49. The van der Waals surface area contributed by atoms with Crippen molar-refractivity contribution in [1.29, 1.82) is 0 Å². The summed E-state index contributed by atoms with van der Waals surface area (Å²) < 4.78 is 11.4. The molecule has 0 bridgehead atoms. The van der Waals surface area contributed by atoms with Crippen LogP contribution in [-0.4, -0.2) is 12.1 Å². The number of carbonyl (C=O) groups excluding carboxylic acids is 1. The summed E-state index contributed by atoms with van der Waals surface area (Å²) in [6.07, 6.45) is 4.86. The number of hydrogen-bond acceptors (Lipinski definition) is 3. The van der Waals surface area contributed by atoms with Crippen LogP contribution in [0.3, 0.4) is 0 Å². The van der Waals surface area contributed by atoms with Crippen LogP contribution >= 0.6 is 0 Å². The molecule has 1 aliphatic heterocycles. The largest absolute Gasteiger partial charge is 0.489 e. The van der Waals surface area contributed by atoms with E-state index in [2.05, 4.69) is 13.5 Å². The number of hydrogen-bond donors (Lipinski definition) is 0. The predicted octanol–water partition coefficient (Wildman–Crippen LogP) is 4.15. The minimum Gasteiger partial charge on any atom is -0.489 e. The van der Waals surface area contributed by atoms with Gasteiger partial charge >= 0.3 is 5.97 Å². The van der Waals surface area contributed by atoms with Gasteiger partial charge in [-0.25, -0.2) is 4.79 Å². The Morgan fingerprint density at radius 1 is 1.33 bits per heavy atom.